The predicted molar refractivity (Wildman–Crippen MR) is 97.5 cm³/mol. The lowest BCUT2D eigenvalue weighted by atomic mass is 9.97. The van der Waals surface area contributed by atoms with Crippen molar-refractivity contribution in [3.63, 3.8) is 0 Å². The molecule has 2 N–H and O–H groups in total. The van der Waals surface area contributed by atoms with Gasteiger partial charge in [0.25, 0.3) is 0 Å². The van der Waals surface area contributed by atoms with Gasteiger partial charge in [0.15, 0.2) is 0 Å². The summed E-state index contributed by atoms with van der Waals surface area (Å²) in [5, 5.41) is 13.3. The van der Waals surface area contributed by atoms with E-state index in [0.717, 1.165) is 18.7 Å². The van der Waals surface area contributed by atoms with E-state index in [2.05, 4.69) is 10.2 Å². The Morgan fingerprint density at radius 2 is 1.84 bits per heavy atom. The molecular formula is C17H21Cl2N3O3. The second-order valence-electron chi connectivity index (χ2n) is 6.58. The number of rotatable bonds is 3. The molecule has 0 aliphatic carbocycles. The predicted octanol–water partition coefficient (Wildman–Crippen LogP) is 3.08. The minimum absolute atomic E-state index is 0.0523. The monoisotopic (exact) mass is 385 g/mol. The van der Waals surface area contributed by atoms with E-state index in [4.69, 9.17) is 28.3 Å². The summed E-state index contributed by atoms with van der Waals surface area (Å²) in [5.74, 6) is -1.11. The molecule has 136 valence electrons. The maximum absolute atomic E-state index is 12.4. The highest BCUT2D eigenvalue weighted by atomic mass is 35.5. The minimum Gasteiger partial charge on any atom is -0.481 e. The van der Waals surface area contributed by atoms with Gasteiger partial charge in [-0.1, -0.05) is 23.2 Å². The Morgan fingerprint density at radius 1 is 1.12 bits per heavy atom. The van der Waals surface area contributed by atoms with Gasteiger partial charge in [0, 0.05) is 37.2 Å². The van der Waals surface area contributed by atoms with E-state index in [9.17, 15) is 9.59 Å². The average molecular weight is 386 g/mol. The summed E-state index contributed by atoms with van der Waals surface area (Å²) >= 11 is 12.2. The number of carbonyl (C=O) groups excluding carboxylic acids is 1. The lowest BCUT2D eigenvalue weighted by molar-refractivity contribution is -0.143. The maximum atomic E-state index is 12.4. The second-order valence-corrected chi connectivity index (χ2v) is 7.42. The van der Waals surface area contributed by atoms with Crippen LogP contribution in [0.15, 0.2) is 18.2 Å². The zero-order valence-corrected chi connectivity index (χ0v) is 15.3. The molecule has 2 amide bonds. The summed E-state index contributed by atoms with van der Waals surface area (Å²) < 4.78 is 0. The molecule has 1 unspecified atom stereocenters. The fourth-order valence-electron chi connectivity index (χ4n) is 3.43. The number of carboxylic acids is 1. The average Bonchev–Trinajstić information content (AvgIpc) is 3.03. The summed E-state index contributed by atoms with van der Waals surface area (Å²) in [6, 6.07) is 5.36. The molecule has 1 aromatic carbocycles. The number of nitrogens with one attached hydrogen (secondary N) is 1. The molecule has 0 aromatic heterocycles. The quantitative estimate of drug-likeness (QED) is 0.838. The van der Waals surface area contributed by atoms with E-state index < -0.39 is 5.97 Å². The first-order valence-electron chi connectivity index (χ1n) is 8.42. The largest absolute Gasteiger partial charge is 0.481 e. The normalized spacial score (nSPS) is 21.4. The highest BCUT2D eigenvalue weighted by Crippen LogP contribution is 2.31. The first-order chi connectivity index (χ1) is 11.9. The first-order valence-corrected chi connectivity index (χ1v) is 9.18. The Hall–Kier alpha value is -1.66. The topological polar surface area (TPSA) is 72.9 Å². The van der Waals surface area contributed by atoms with Crippen molar-refractivity contribution in [1.29, 1.82) is 0 Å². The maximum Gasteiger partial charge on any atom is 0.317 e. The van der Waals surface area contributed by atoms with Gasteiger partial charge in [-0.05, 0) is 37.5 Å². The van der Waals surface area contributed by atoms with E-state index in [1.807, 2.05) is 6.07 Å². The van der Waals surface area contributed by atoms with E-state index in [-0.39, 0.29) is 18.0 Å². The number of piperidine rings is 1. The Morgan fingerprint density at radius 3 is 2.48 bits per heavy atom. The second kappa shape index (κ2) is 7.70. The van der Waals surface area contributed by atoms with E-state index in [1.54, 1.807) is 17.0 Å². The van der Waals surface area contributed by atoms with Crippen LogP contribution in [-0.4, -0.2) is 54.2 Å². The molecular weight excluding hydrogens is 365 g/mol. The molecule has 8 heteroatoms. The van der Waals surface area contributed by atoms with Crippen molar-refractivity contribution in [2.24, 2.45) is 5.92 Å². The van der Waals surface area contributed by atoms with Crippen molar-refractivity contribution in [3.05, 3.63) is 28.2 Å². The highest BCUT2D eigenvalue weighted by Gasteiger charge is 2.30. The van der Waals surface area contributed by atoms with Crippen LogP contribution in [0, 0.1) is 5.92 Å². The number of nitrogens with zero attached hydrogens (tertiary/aromatic N) is 2. The number of carbonyl (C=O) groups is 2. The number of benzene rings is 1. The van der Waals surface area contributed by atoms with Crippen LogP contribution >= 0.6 is 23.2 Å². The minimum atomic E-state index is -0.772. The third-order valence-electron chi connectivity index (χ3n) is 4.90. The number of carboxylic acid groups (broad SMARTS) is 1. The lowest BCUT2D eigenvalue weighted by Crippen LogP contribution is -2.49. The molecule has 6 nitrogen and oxygen atoms in total. The van der Waals surface area contributed by atoms with Crippen LogP contribution in [0.25, 0.3) is 0 Å². The van der Waals surface area contributed by atoms with Crippen LogP contribution in [0.3, 0.4) is 0 Å². The van der Waals surface area contributed by atoms with Crippen LogP contribution in [-0.2, 0) is 4.79 Å². The van der Waals surface area contributed by atoms with Crippen LogP contribution in [0.5, 0.6) is 0 Å². The van der Waals surface area contributed by atoms with Crippen LogP contribution in [0.2, 0.25) is 10.0 Å². The summed E-state index contributed by atoms with van der Waals surface area (Å²) in [6.07, 6.45) is 1.87. The van der Waals surface area contributed by atoms with Crippen molar-refractivity contribution < 1.29 is 14.7 Å². The van der Waals surface area contributed by atoms with Gasteiger partial charge in [0.2, 0.25) is 0 Å². The van der Waals surface area contributed by atoms with E-state index in [1.165, 1.54) is 0 Å². The molecule has 25 heavy (non-hydrogen) atoms. The SMILES string of the molecule is O=C(O)C1CCN(C(=O)NC2CCN(c3ccc(Cl)cc3Cl)C2)CC1. The molecule has 2 aliphatic heterocycles. The number of amides is 2. The number of hydrogen-bond donors (Lipinski definition) is 2. The van der Waals surface area contributed by atoms with Crippen LogP contribution in [0.4, 0.5) is 10.5 Å². The number of urea groups is 1. The zero-order valence-electron chi connectivity index (χ0n) is 13.8. The van der Waals surface area contributed by atoms with Crippen molar-refractivity contribution in [2.75, 3.05) is 31.1 Å². The van der Waals surface area contributed by atoms with Gasteiger partial charge in [-0.25, -0.2) is 4.79 Å². The lowest BCUT2D eigenvalue weighted by Gasteiger charge is -2.31. The summed E-state index contributed by atoms with van der Waals surface area (Å²) in [6.45, 7) is 2.48. The van der Waals surface area contributed by atoms with Crippen LogP contribution < -0.4 is 10.2 Å². The smallest absolute Gasteiger partial charge is 0.317 e. The molecule has 2 aliphatic rings. The van der Waals surface area contributed by atoms with Gasteiger partial charge in [-0.2, -0.15) is 0 Å². The molecule has 0 bridgehead atoms. The van der Waals surface area contributed by atoms with Gasteiger partial charge in [0.05, 0.1) is 16.6 Å². The van der Waals surface area contributed by atoms with E-state index in [0.29, 0.717) is 42.5 Å². The molecule has 2 heterocycles. The van der Waals surface area contributed by atoms with Crippen molar-refractivity contribution in [2.45, 2.75) is 25.3 Å². The van der Waals surface area contributed by atoms with Crippen molar-refractivity contribution >= 4 is 40.9 Å². The molecule has 1 atom stereocenters. The Kier molecular flexibility index (Phi) is 5.59. The summed E-state index contributed by atoms with van der Waals surface area (Å²) in [4.78, 5) is 27.2. The Bertz CT molecular complexity index is 663. The molecule has 2 fully saturated rings. The first kappa shape index (κ1) is 18.1. The molecule has 3 rings (SSSR count). The molecule has 1 aromatic rings. The molecule has 0 spiro atoms. The van der Waals surface area contributed by atoms with Gasteiger partial charge in [-0.3, -0.25) is 4.79 Å². The number of anilines is 1. The highest BCUT2D eigenvalue weighted by molar-refractivity contribution is 6.36. The standard InChI is InChI=1S/C17H21Cl2N3O3/c18-12-1-2-15(14(19)9-12)22-8-5-13(10-22)20-17(25)21-6-3-11(4-7-21)16(23)24/h1-2,9,11,13H,3-8,10H2,(H,20,25)(H,23,24). The van der Waals surface area contributed by atoms with E-state index >= 15 is 0 Å². The zero-order chi connectivity index (χ0) is 18.0. The fraction of sp³-hybridized carbons (Fsp3) is 0.529. The number of halogens is 2. The number of likely N-dealkylation sites (tertiary alicyclic amines) is 1. The van der Waals surface area contributed by atoms with Gasteiger partial charge in [0.1, 0.15) is 0 Å². The van der Waals surface area contributed by atoms with Gasteiger partial charge >= 0.3 is 12.0 Å². The van der Waals surface area contributed by atoms with Gasteiger partial charge < -0.3 is 20.2 Å². The Balaban J connectivity index is 1.51. The van der Waals surface area contributed by atoms with Crippen molar-refractivity contribution in [3.8, 4) is 0 Å². The Labute approximate surface area is 156 Å². The number of hydrogen-bond acceptors (Lipinski definition) is 3. The van der Waals surface area contributed by atoms with Crippen molar-refractivity contribution in [1.82, 2.24) is 10.2 Å². The summed E-state index contributed by atoms with van der Waals surface area (Å²) in [7, 11) is 0. The molecule has 2 saturated heterocycles. The molecule has 0 saturated carbocycles. The molecule has 0 radical (unpaired) electrons. The summed E-state index contributed by atoms with van der Waals surface area (Å²) in [5.41, 5.74) is 0.921. The third-order valence-corrected chi connectivity index (χ3v) is 5.44. The number of aliphatic carboxylic acids is 1. The van der Waals surface area contributed by atoms with Crippen LogP contribution in [0.1, 0.15) is 19.3 Å². The van der Waals surface area contributed by atoms with Gasteiger partial charge in [-0.15, -0.1) is 0 Å². The third kappa shape index (κ3) is 4.30. The fourth-order valence-corrected chi connectivity index (χ4v) is 3.96.